The van der Waals surface area contributed by atoms with E-state index in [-0.39, 0.29) is 5.91 Å². The van der Waals surface area contributed by atoms with Crippen LogP contribution in [0.4, 0.5) is 0 Å². The summed E-state index contributed by atoms with van der Waals surface area (Å²) in [7, 11) is 0. The SMILES string of the molecule is CCCN(CC)CCNC(=O)c1ccc(Br)cc1S. The van der Waals surface area contributed by atoms with Gasteiger partial charge in [-0.25, -0.2) is 0 Å². The molecule has 0 aromatic heterocycles. The van der Waals surface area contributed by atoms with Crippen LogP contribution in [0.25, 0.3) is 0 Å². The normalized spacial score (nSPS) is 10.8. The van der Waals surface area contributed by atoms with E-state index >= 15 is 0 Å². The molecule has 0 bridgehead atoms. The number of halogens is 1. The largest absolute Gasteiger partial charge is 0.351 e. The van der Waals surface area contributed by atoms with Crippen molar-refractivity contribution in [3.05, 3.63) is 28.2 Å². The van der Waals surface area contributed by atoms with E-state index in [0.717, 1.165) is 30.5 Å². The van der Waals surface area contributed by atoms with E-state index in [0.29, 0.717) is 17.0 Å². The maximum Gasteiger partial charge on any atom is 0.252 e. The van der Waals surface area contributed by atoms with Crippen molar-refractivity contribution in [1.29, 1.82) is 0 Å². The Balaban J connectivity index is 2.47. The van der Waals surface area contributed by atoms with E-state index in [4.69, 9.17) is 0 Å². The lowest BCUT2D eigenvalue weighted by molar-refractivity contribution is 0.0945. The first-order chi connectivity index (χ1) is 9.08. The molecule has 0 fully saturated rings. The molecule has 0 atom stereocenters. The lowest BCUT2D eigenvalue weighted by Crippen LogP contribution is -2.35. The Morgan fingerprint density at radius 1 is 1.37 bits per heavy atom. The van der Waals surface area contributed by atoms with Crippen molar-refractivity contribution in [3.63, 3.8) is 0 Å². The second kappa shape index (κ2) is 8.61. The van der Waals surface area contributed by atoms with Crippen LogP contribution in [-0.2, 0) is 0 Å². The summed E-state index contributed by atoms with van der Waals surface area (Å²) in [6.07, 6.45) is 1.13. The molecule has 0 aliphatic heterocycles. The van der Waals surface area contributed by atoms with Crippen LogP contribution in [0.15, 0.2) is 27.6 Å². The Morgan fingerprint density at radius 3 is 2.68 bits per heavy atom. The minimum atomic E-state index is -0.0648. The molecule has 1 amide bonds. The second-order valence-corrected chi connectivity index (χ2v) is 5.75. The van der Waals surface area contributed by atoms with Crippen molar-refractivity contribution in [3.8, 4) is 0 Å². The third-order valence-electron chi connectivity index (χ3n) is 2.91. The molecule has 0 unspecified atom stereocenters. The molecule has 1 rings (SSSR count). The van der Waals surface area contributed by atoms with Crippen LogP contribution in [-0.4, -0.2) is 37.0 Å². The molecule has 0 radical (unpaired) electrons. The Labute approximate surface area is 129 Å². The molecule has 106 valence electrons. The average Bonchev–Trinajstić information content (AvgIpc) is 2.37. The fourth-order valence-corrected chi connectivity index (χ4v) is 2.72. The van der Waals surface area contributed by atoms with Crippen LogP contribution in [0.3, 0.4) is 0 Å². The minimum absolute atomic E-state index is 0.0648. The van der Waals surface area contributed by atoms with Crippen LogP contribution < -0.4 is 5.32 Å². The molecule has 3 nitrogen and oxygen atoms in total. The van der Waals surface area contributed by atoms with E-state index in [2.05, 4.69) is 52.6 Å². The second-order valence-electron chi connectivity index (χ2n) is 4.35. The van der Waals surface area contributed by atoms with Gasteiger partial charge in [0.1, 0.15) is 0 Å². The van der Waals surface area contributed by atoms with Crippen LogP contribution in [0.2, 0.25) is 0 Å². The van der Waals surface area contributed by atoms with Gasteiger partial charge < -0.3 is 10.2 Å². The highest BCUT2D eigenvalue weighted by Gasteiger charge is 2.09. The van der Waals surface area contributed by atoms with Crippen molar-refractivity contribution in [1.82, 2.24) is 10.2 Å². The summed E-state index contributed by atoms with van der Waals surface area (Å²) in [5.74, 6) is -0.0648. The summed E-state index contributed by atoms with van der Waals surface area (Å²) in [6.45, 7) is 7.93. The lowest BCUT2D eigenvalue weighted by Gasteiger charge is -2.19. The number of carbonyl (C=O) groups excluding carboxylic acids is 1. The molecule has 1 N–H and O–H groups in total. The monoisotopic (exact) mass is 344 g/mol. The quantitative estimate of drug-likeness (QED) is 0.744. The molecule has 0 aliphatic carbocycles. The Kier molecular flexibility index (Phi) is 7.49. The third kappa shape index (κ3) is 5.55. The van der Waals surface area contributed by atoms with Crippen molar-refractivity contribution < 1.29 is 4.79 Å². The molecule has 1 aromatic carbocycles. The van der Waals surface area contributed by atoms with Crippen LogP contribution in [0.1, 0.15) is 30.6 Å². The zero-order valence-corrected chi connectivity index (χ0v) is 13.9. The maximum absolute atomic E-state index is 12.0. The van der Waals surface area contributed by atoms with Gasteiger partial charge in [0.15, 0.2) is 0 Å². The number of rotatable bonds is 7. The molecule has 0 saturated carbocycles. The molecule has 0 spiro atoms. The van der Waals surface area contributed by atoms with Crippen LogP contribution >= 0.6 is 28.6 Å². The number of amides is 1. The van der Waals surface area contributed by atoms with E-state index < -0.39 is 0 Å². The number of nitrogens with one attached hydrogen (secondary N) is 1. The van der Waals surface area contributed by atoms with E-state index in [1.165, 1.54) is 0 Å². The van der Waals surface area contributed by atoms with E-state index in [9.17, 15) is 4.79 Å². The van der Waals surface area contributed by atoms with Gasteiger partial charge in [-0.3, -0.25) is 4.79 Å². The standard InChI is InChI=1S/C14H21BrN2OS/c1-3-8-17(4-2)9-7-16-14(18)12-6-5-11(15)10-13(12)19/h5-6,10,19H,3-4,7-9H2,1-2H3,(H,16,18). The predicted octanol–water partition coefficient (Wildman–Crippen LogP) is 3.20. The highest BCUT2D eigenvalue weighted by atomic mass is 79.9. The summed E-state index contributed by atoms with van der Waals surface area (Å²) in [4.78, 5) is 15.0. The van der Waals surface area contributed by atoms with Crippen molar-refractivity contribution in [2.75, 3.05) is 26.2 Å². The molecule has 0 aliphatic rings. The van der Waals surface area contributed by atoms with Crippen LogP contribution in [0, 0.1) is 0 Å². The van der Waals surface area contributed by atoms with Gasteiger partial charge in [-0.2, -0.15) is 0 Å². The molecule has 5 heteroatoms. The van der Waals surface area contributed by atoms with Crippen molar-refractivity contribution in [2.24, 2.45) is 0 Å². The van der Waals surface area contributed by atoms with Gasteiger partial charge in [0.2, 0.25) is 0 Å². The number of hydrogen-bond donors (Lipinski definition) is 2. The maximum atomic E-state index is 12.0. The topological polar surface area (TPSA) is 32.3 Å². The summed E-state index contributed by atoms with van der Waals surface area (Å²) in [6, 6.07) is 5.46. The molecular weight excluding hydrogens is 324 g/mol. The fraction of sp³-hybridized carbons (Fsp3) is 0.500. The molecule has 1 aromatic rings. The first-order valence-electron chi connectivity index (χ1n) is 6.57. The number of benzene rings is 1. The lowest BCUT2D eigenvalue weighted by atomic mass is 10.2. The Bertz CT molecular complexity index is 426. The highest BCUT2D eigenvalue weighted by Crippen LogP contribution is 2.19. The van der Waals surface area contributed by atoms with Gasteiger partial charge in [-0.15, -0.1) is 12.6 Å². The summed E-state index contributed by atoms with van der Waals surface area (Å²) < 4.78 is 0.925. The van der Waals surface area contributed by atoms with Gasteiger partial charge in [0.25, 0.3) is 5.91 Å². The zero-order chi connectivity index (χ0) is 14.3. The molecule has 0 heterocycles. The van der Waals surface area contributed by atoms with Crippen molar-refractivity contribution >= 4 is 34.5 Å². The van der Waals surface area contributed by atoms with E-state index in [1.807, 2.05) is 12.1 Å². The fourth-order valence-electron chi connectivity index (χ4n) is 1.86. The highest BCUT2D eigenvalue weighted by molar-refractivity contribution is 9.10. The molecular formula is C14H21BrN2OS. The van der Waals surface area contributed by atoms with Gasteiger partial charge >= 0.3 is 0 Å². The number of hydrogen-bond acceptors (Lipinski definition) is 3. The number of nitrogens with zero attached hydrogens (tertiary/aromatic N) is 1. The Morgan fingerprint density at radius 2 is 2.11 bits per heavy atom. The van der Waals surface area contributed by atoms with Crippen LogP contribution in [0.5, 0.6) is 0 Å². The smallest absolute Gasteiger partial charge is 0.252 e. The van der Waals surface area contributed by atoms with Gasteiger partial charge in [0.05, 0.1) is 5.56 Å². The summed E-state index contributed by atoms with van der Waals surface area (Å²) >= 11 is 7.68. The van der Waals surface area contributed by atoms with Gasteiger partial charge in [-0.1, -0.05) is 29.8 Å². The average molecular weight is 345 g/mol. The first-order valence-corrected chi connectivity index (χ1v) is 7.81. The van der Waals surface area contributed by atoms with Crippen molar-refractivity contribution in [2.45, 2.75) is 25.2 Å². The number of thiol groups is 1. The first kappa shape index (κ1) is 16.5. The minimum Gasteiger partial charge on any atom is -0.351 e. The Hall–Kier alpha value is -0.520. The van der Waals surface area contributed by atoms with Gasteiger partial charge in [-0.05, 0) is 37.7 Å². The zero-order valence-electron chi connectivity index (χ0n) is 11.4. The predicted molar refractivity (Wildman–Crippen MR) is 86.1 cm³/mol. The number of likely N-dealkylation sites (N-methyl/N-ethyl adjacent to an activating group) is 1. The number of carbonyl (C=O) groups is 1. The molecule has 0 saturated heterocycles. The van der Waals surface area contributed by atoms with E-state index in [1.54, 1.807) is 6.07 Å². The summed E-state index contributed by atoms with van der Waals surface area (Å²) in [5.41, 5.74) is 0.616. The van der Waals surface area contributed by atoms with Gasteiger partial charge in [0, 0.05) is 22.5 Å². The summed E-state index contributed by atoms with van der Waals surface area (Å²) in [5, 5.41) is 2.94. The molecule has 19 heavy (non-hydrogen) atoms. The third-order valence-corrected chi connectivity index (χ3v) is 3.77.